The molecule has 19 atom stereocenters. The second kappa shape index (κ2) is 18.0. The van der Waals surface area contributed by atoms with E-state index in [0.717, 1.165) is 56.8 Å². The SMILES string of the molecule is Cl.NC1CC[C@@H]2[C@H](C1=O)[C@@H]1C=C[C@H]2CC1.O=C1C(Br)CC[C@@H]2[C@H]1[C@@H]1C=C[C@H]2CC1.O=C1CCC[C@@H]2[C@H]1[C@@H]1C=C[C@H]2CC1.[N-]=[N+]=NC1CC[C@@H]2[C@H](C1=O)[C@@H]1C=C[C@H]2CC1. The number of carbonyl (C=O) groups is 4. The largest absolute Gasteiger partial charge is 0.321 e. The lowest BCUT2D eigenvalue weighted by atomic mass is 9.56. The van der Waals surface area contributed by atoms with Crippen molar-refractivity contribution in [3.63, 3.8) is 0 Å². The maximum Gasteiger partial charge on any atom is 0.153 e. The van der Waals surface area contributed by atoms with Crippen LogP contribution in [0.25, 0.3) is 10.4 Å². The van der Waals surface area contributed by atoms with Gasteiger partial charge in [0, 0.05) is 35.0 Å². The first-order chi connectivity index (χ1) is 27.7. The summed E-state index contributed by atoms with van der Waals surface area (Å²) in [5.41, 5.74) is 14.3. The summed E-state index contributed by atoms with van der Waals surface area (Å²) in [6.07, 6.45) is 38.1. The number of nitrogens with zero attached hydrogens (tertiary/aromatic N) is 3. The molecule has 10 heteroatoms. The van der Waals surface area contributed by atoms with Crippen molar-refractivity contribution in [2.75, 3.05) is 0 Å². The molecule has 16 aliphatic rings. The van der Waals surface area contributed by atoms with E-state index >= 15 is 0 Å². The number of halogens is 2. The molecule has 16 aliphatic carbocycles. The van der Waals surface area contributed by atoms with Crippen LogP contribution in [-0.2, 0) is 19.2 Å². The Morgan fingerprint density at radius 1 is 0.500 bits per heavy atom. The number of carbonyl (C=O) groups excluding carboxylic acids is 4. The highest BCUT2D eigenvalue weighted by Crippen LogP contribution is 2.53. The van der Waals surface area contributed by atoms with Crippen molar-refractivity contribution in [3.05, 3.63) is 59.1 Å². The summed E-state index contributed by atoms with van der Waals surface area (Å²) in [5.74, 6) is 10.2. The molecule has 8 saturated carbocycles. The Bertz CT molecular complexity index is 1710. The maximum absolute atomic E-state index is 12.2. The molecule has 0 aromatic heterocycles. The van der Waals surface area contributed by atoms with Crippen molar-refractivity contribution in [1.82, 2.24) is 0 Å². The van der Waals surface area contributed by atoms with Gasteiger partial charge in [-0.2, -0.15) is 0 Å². The minimum Gasteiger partial charge on any atom is -0.321 e. The Balaban J connectivity index is 0.000000108. The molecule has 0 spiro atoms. The number of rotatable bonds is 1. The molecule has 3 unspecified atom stereocenters. The Hall–Kier alpha value is -2.32. The fourth-order valence-electron chi connectivity index (χ4n) is 14.8. The molecule has 0 radical (unpaired) electrons. The number of alkyl halides is 1. The third-order valence-corrected chi connectivity index (χ3v) is 18.4. The molecule has 0 aromatic carbocycles. The molecular weight excluding hydrogens is 812 g/mol. The Labute approximate surface area is 359 Å². The number of azide groups is 1. The zero-order chi connectivity index (χ0) is 39.4. The van der Waals surface area contributed by atoms with E-state index in [9.17, 15) is 19.2 Å². The Kier molecular flexibility index (Phi) is 13.1. The monoisotopic (exact) mass is 874 g/mol. The first-order valence-electron chi connectivity index (χ1n) is 23.0. The number of nitrogens with two attached hydrogens (primary N) is 1. The predicted molar refractivity (Wildman–Crippen MR) is 232 cm³/mol. The van der Waals surface area contributed by atoms with Gasteiger partial charge in [-0.25, -0.2) is 0 Å². The summed E-state index contributed by atoms with van der Waals surface area (Å²) in [5, 5.41) is 3.65. The lowest BCUT2D eigenvalue weighted by Gasteiger charge is -2.47. The van der Waals surface area contributed by atoms with Crippen LogP contribution in [0, 0.1) is 94.7 Å². The lowest BCUT2D eigenvalue weighted by Crippen LogP contribution is -2.51. The minimum absolute atomic E-state index is 0. The topological polar surface area (TPSA) is 143 Å². The number of Topliss-reactive ketones (excluding diaryl/α,β-unsaturated/α-hetero) is 4. The van der Waals surface area contributed by atoms with Gasteiger partial charge < -0.3 is 5.73 Å². The van der Waals surface area contributed by atoms with Gasteiger partial charge in [0.2, 0.25) is 0 Å². The van der Waals surface area contributed by atoms with Gasteiger partial charge in [-0.05, 0) is 179 Å². The molecular formula is C48H64BrClN4O4. The summed E-state index contributed by atoms with van der Waals surface area (Å²) in [7, 11) is 0. The highest BCUT2D eigenvalue weighted by atomic mass is 79.9. The van der Waals surface area contributed by atoms with Crippen LogP contribution in [0.4, 0.5) is 0 Å². The predicted octanol–water partition coefficient (Wildman–Crippen LogP) is 10.3. The lowest BCUT2D eigenvalue weighted by molar-refractivity contribution is -0.133. The molecule has 0 amide bonds. The first kappa shape index (κ1) is 42.4. The van der Waals surface area contributed by atoms with E-state index in [1.165, 1.54) is 64.2 Å². The molecule has 8 bridgehead atoms. The van der Waals surface area contributed by atoms with E-state index < -0.39 is 0 Å². The molecule has 58 heavy (non-hydrogen) atoms. The van der Waals surface area contributed by atoms with Gasteiger partial charge in [0.15, 0.2) is 5.78 Å². The van der Waals surface area contributed by atoms with Crippen molar-refractivity contribution in [3.8, 4) is 0 Å². The maximum atomic E-state index is 12.2. The second-order valence-electron chi connectivity index (χ2n) is 20.0. The van der Waals surface area contributed by atoms with E-state index in [0.29, 0.717) is 88.4 Å². The van der Waals surface area contributed by atoms with Crippen molar-refractivity contribution in [1.29, 1.82) is 0 Å². The van der Waals surface area contributed by atoms with Gasteiger partial charge in [0.25, 0.3) is 0 Å². The molecule has 0 heterocycles. The zero-order valence-corrected chi connectivity index (χ0v) is 36.3. The molecule has 8 nitrogen and oxygen atoms in total. The summed E-state index contributed by atoms with van der Waals surface area (Å²) in [6.45, 7) is 0. The van der Waals surface area contributed by atoms with Crippen LogP contribution in [0.1, 0.15) is 109 Å². The van der Waals surface area contributed by atoms with E-state index in [2.05, 4.69) is 74.6 Å². The normalized spacial score (nSPS) is 47.6. The molecule has 0 saturated heterocycles. The number of hydrogen-bond donors (Lipinski definition) is 1. The van der Waals surface area contributed by atoms with Crippen LogP contribution < -0.4 is 5.73 Å². The van der Waals surface area contributed by atoms with Crippen LogP contribution in [0.2, 0.25) is 0 Å². The molecule has 0 aromatic rings. The number of fused-ring (bicyclic) bond motifs is 4. The molecule has 0 aliphatic heterocycles. The van der Waals surface area contributed by atoms with Gasteiger partial charge in [0.05, 0.1) is 16.9 Å². The van der Waals surface area contributed by atoms with Crippen LogP contribution >= 0.6 is 28.3 Å². The zero-order valence-electron chi connectivity index (χ0n) is 33.9. The van der Waals surface area contributed by atoms with E-state index in [1.807, 2.05) is 0 Å². The Morgan fingerprint density at radius 3 is 1.36 bits per heavy atom. The fraction of sp³-hybridized carbons (Fsp3) is 0.750. The first-order valence-corrected chi connectivity index (χ1v) is 23.9. The summed E-state index contributed by atoms with van der Waals surface area (Å²) < 4.78 is 0. The second-order valence-corrected chi connectivity index (χ2v) is 21.1. The van der Waals surface area contributed by atoms with Crippen LogP contribution in [0.15, 0.2) is 53.7 Å². The molecule has 8 fully saturated rings. The third kappa shape index (κ3) is 7.86. The van der Waals surface area contributed by atoms with Gasteiger partial charge in [-0.1, -0.05) is 69.7 Å². The van der Waals surface area contributed by atoms with Crippen molar-refractivity contribution in [2.24, 2.45) is 106 Å². The summed E-state index contributed by atoms with van der Waals surface area (Å²) in [6, 6.07) is -0.553. The van der Waals surface area contributed by atoms with Crippen LogP contribution in [-0.4, -0.2) is 40.0 Å². The molecule has 16 rings (SSSR count). The van der Waals surface area contributed by atoms with Crippen molar-refractivity contribution >= 4 is 51.5 Å². The van der Waals surface area contributed by atoms with E-state index in [1.54, 1.807) is 0 Å². The average Bonchev–Trinajstić information content (AvgIpc) is 3.27. The smallest absolute Gasteiger partial charge is 0.153 e. The van der Waals surface area contributed by atoms with Crippen molar-refractivity contribution < 1.29 is 19.2 Å². The van der Waals surface area contributed by atoms with Gasteiger partial charge in [-0.3, -0.25) is 19.2 Å². The minimum atomic E-state index is -0.390. The van der Waals surface area contributed by atoms with Gasteiger partial charge in [0.1, 0.15) is 17.3 Å². The standard InChI is InChI=1S/C12H15BrO.C12H15N3O.C12H17NO.C12H16O.ClH/c13-10-6-5-9-7-1-3-8(4-2-7)11(9)12(10)14;13-15-14-10-6-5-9-7-1-3-8(4-2-7)11(9)12(10)16;13-10-6-5-9-7-1-3-8(4-2-7)11(9)12(10)14;13-11-3-1-2-10-8-4-6-9(7-5-8)12(10)11;/h1,3,7-11H,2,4-6H2;1,3,7-11H,2,4-6H2;1,3,7-11H,2,4-6,13H2;4,6,8-10,12H,1-3,5,7H2;1H/t3*7-,8+,9-,10?,11+;8-,9+,10-,12+;/m0000./s1. The number of hydrogen-bond acceptors (Lipinski definition) is 6. The van der Waals surface area contributed by atoms with E-state index in [-0.39, 0.29) is 46.9 Å². The Morgan fingerprint density at radius 2 is 0.897 bits per heavy atom. The highest BCUT2D eigenvalue weighted by Gasteiger charge is 2.51. The number of ketones is 4. The summed E-state index contributed by atoms with van der Waals surface area (Å²) in [4.78, 5) is 51.0. The van der Waals surface area contributed by atoms with Crippen LogP contribution in [0.5, 0.6) is 0 Å². The highest BCUT2D eigenvalue weighted by molar-refractivity contribution is 9.10. The summed E-state index contributed by atoms with van der Waals surface area (Å²) >= 11 is 3.51. The van der Waals surface area contributed by atoms with Crippen LogP contribution in [0.3, 0.4) is 0 Å². The van der Waals surface area contributed by atoms with E-state index in [4.69, 9.17) is 11.3 Å². The van der Waals surface area contributed by atoms with Crippen molar-refractivity contribution in [2.45, 2.75) is 126 Å². The quantitative estimate of drug-likeness (QED) is 0.0917. The average molecular weight is 876 g/mol. The third-order valence-electron chi connectivity index (χ3n) is 17.5. The van der Waals surface area contributed by atoms with Gasteiger partial charge >= 0.3 is 0 Å². The molecule has 2 N–H and O–H groups in total. The number of allylic oxidation sites excluding steroid dienone is 8. The van der Waals surface area contributed by atoms with Gasteiger partial charge in [-0.15, -0.1) is 12.4 Å². The molecule has 314 valence electrons. The fourth-order valence-corrected chi connectivity index (χ4v) is 15.3.